The lowest BCUT2D eigenvalue weighted by Crippen LogP contribution is -2.44. The van der Waals surface area contributed by atoms with Crippen LogP contribution in [0.5, 0.6) is 0 Å². The van der Waals surface area contributed by atoms with Crippen molar-refractivity contribution in [2.75, 3.05) is 30.4 Å². The maximum Gasteiger partial charge on any atom is 0.411 e. The van der Waals surface area contributed by atoms with Crippen LogP contribution in [0, 0.1) is 5.92 Å². The number of likely N-dealkylation sites (tertiary alicyclic amines) is 1. The maximum atomic E-state index is 13.8. The highest BCUT2D eigenvalue weighted by atomic mass is 16.5. The van der Waals surface area contributed by atoms with Gasteiger partial charge in [0.15, 0.2) is 0 Å². The first kappa shape index (κ1) is 21.9. The van der Waals surface area contributed by atoms with Crippen LogP contribution in [0.4, 0.5) is 16.2 Å². The van der Waals surface area contributed by atoms with Crippen LogP contribution in [-0.4, -0.2) is 43.0 Å². The number of fused-ring (bicyclic) bond motifs is 2. The number of benzene rings is 2. The van der Waals surface area contributed by atoms with Gasteiger partial charge in [-0.2, -0.15) is 0 Å². The predicted molar refractivity (Wildman–Crippen MR) is 123 cm³/mol. The fraction of sp³-hybridized carbons (Fsp3) is 0.400. The zero-order valence-electron chi connectivity index (χ0n) is 18.9. The van der Waals surface area contributed by atoms with Crippen LogP contribution in [-0.2, 0) is 19.7 Å². The number of hydrogen-bond acceptors (Lipinski definition) is 4. The summed E-state index contributed by atoms with van der Waals surface area (Å²) in [7, 11) is 1.74. The number of carbonyl (C=O) groups excluding carboxylic acids is 3. The van der Waals surface area contributed by atoms with E-state index in [1.165, 1.54) is 0 Å². The molecule has 0 aliphatic carbocycles. The molecule has 2 aromatic rings. The highest BCUT2D eigenvalue weighted by molar-refractivity contribution is 6.12. The molecule has 1 spiro atoms. The number of ether oxygens (including phenoxy) is 1. The van der Waals surface area contributed by atoms with Gasteiger partial charge in [-0.05, 0) is 42.2 Å². The molecular formula is C25H29N3O4. The molecule has 7 nitrogen and oxygen atoms in total. The normalized spacial score (nSPS) is 22.1. The summed E-state index contributed by atoms with van der Waals surface area (Å²) in [5.74, 6) is 0.117. The number of nitrogens with zero attached hydrogens (tertiary/aromatic N) is 2. The van der Waals surface area contributed by atoms with Crippen LogP contribution in [0.2, 0.25) is 0 Å². The van der Waals surface area contributed by atoms with E-state index in [4.69, 9.17) is 4.74 Å². The van der Waals surface area contributed by atoms with E-state index in [0.29, 0.717) is 12.2 Å². The zero-order valence-corrected chi connectivity index (χ0v) is 18.9. The molecular weight excluding hydrogens is 406 g/mol. The van der Waals surface area contributed by atoms with Gasteiger partial charge in [0.25, 0.3) is 0 Å². The van der Waals surface area contributed by atoms with Gasteiger partial charge >= 0.3 is 6.09 Å². The van der Waals surface area contributed by atoms with Gasteiger partial charge in [0, 0.05) is 31.4 Å². The third-order valence-electron chi connectivity index (χ3n) is 6.25. The van der Waals surface area contributed by atoms with Gasteiger partial charge in [0.1, 0.15) is 5.41 Å². The Balaban J connectivity index is 1.88. The van der Waals surface area contributed by atoms with Gasteiger partial charge < -0.3 is 14.5 Å². The molecule has 1 fully saturated rings. The van der Waals surface area contributed by atoms with Crippen molar-refractivity contribution in [3.63, 3.8) is 0 Å². The summed E-state index contributed by atoms with van der Waals surface area (Å²) >= 11 is 0. The Kier molecular flexibility index (Phi) is 5.67. The number of carbonyl (C=O) groups is 3. The molecule has 0 bridgehead atoms. The second-order valence-corrected chi connectivity index (χ2v) is 8.84. The van der Waals surface area contributed by atoms with Crippen LogP contribution < -0.4 is 10.2 Å². The number of hydrogen-bond donors (Lipinski definition) is 1. The summed E-state index contributed by atoms with van der Waals surface area (Å²) in [6.45, 7) is 6.70. The first-order chi connectivity index (χ1) is 15.3. The number of anilines is 2. The predicted octanol–water partition coefficient (Wildman–Crippen LogP) is 4.10. The number of nitrogens with one attached hydrogen (secondary N) is 1. The van der Waals surface area contributed by atoms with Gasteiger partial charge in [0.05, 0.1) is 12.6 Å². The van der Waals surface area contributed by atoms with E-state index < -0.39 is 17.6 Å². The average Bonchev–Trinajstić information content (AvgIpc) is 3.15. The van der Waals surface area contributed by atoms with Crippen LogP contribution in [0.3, 0.4) is 0 Å². The van der Waals surface area contributed by atoms with E-state index in [2.05, 4.69) is 19.2 Å². The van der Waals surface area contributed by atoms with E-state index >= 15 is 0 Å². The quantitative estimate of drug-likeness (QED) is 0.767. The van der Waals surface area contributed by atoms with E-state index in [1.54, 1.807) is 24.9 Å². The molecule has 4 rings (SSSR count). The molecule has 2 aliphatic rings. The molecule has 7 heteroatoms. The smallest absolute Gasteiger partial charge is 0.411 e. The van der Waals surface area contributed by atoms with Crippen molar-refractivity contribution < 1.29 is 19.1 Å². The number of amides is 3. The zero-order chi connectivity index (χ0) is 23.0. The monoisotopic (exact) mass is 435 g/mol. The molecule has 0 aromatic heterocycles. The van der Waals surface area contributed by atoms with Crippen molar-refractivity contribution in [3.05, 3.63) is 59.7 Å². The summed E-state index contributed by atoms with van der Waals surface area (Å²) in [6.07, 6.45) is -0.457. The topological polar surface area (TPSA) is 79.0 Å². The summed E-state index contributed by atoms with van der Waals surface area (Å²) < 4.78 is 5.00. The minimum atomic E-state index is -1.05. The van der Waals surface area contributed by atoms with E-state index in [0.717, 1.165) is 16.8 Å². The van der Waals surface area contributed by atoms with Crippen molar-refractivity contribution >= 4 is 29.3 Å². The van der Waals surface area contributed by atoms with Crippen LogP contribution >= 0.6 is 0 Å². The SMILES string of the molecule is CCOC(=O)Nc1ccc2c(c1)[C@@]1(CC(=O)N(CC(C)C)C1c1ccccc1)C(=O)N2C. The average molecular weight is 436 g/mol. The van der Waals surface area contributed by atoms with Crippen molar-refractivity contribution in [1.29, 1.82) is 0 Å². The highest BCUT2D eigenvalue weighted by Gasteiger charge is 2.63. The fourth-order valence-corrected chi connectivity index (χ4v) is 5.05. The van der Waals surface area contributed by atoms with Crippen LogP contribution in [0.15, 0.2) is 48.5 Å². The highest BCUT2D eigenvalue weighted by Crippen LogP contribution is 2.57. The summed E-state index contributed by atoms with van der Waals surface area (Å²) in [5, 5.41) is 2.73. The molecule has 1 unspecified atom stereocenters. The second-order valence-electron chi connectivity index (χ2n) is 8.84. The molecule has 2 aliphatic heterocycles. The van der Waals surface area contributed by atoms with E-state index in [9.17, 15) is 14.4 Å². The van der Waals surface area contributed by atoms with Crippen molar-refractivity contribution in [2.24, 2.45) is 5.92 Å². The number of rotatable bonds is 5. The number of likely N-dealkylation sites (N-methyl/N-ethyl adjacent to an activating group) is 1. The maximum absolute atomic E-state index is 13.8. The van der Waals surface area contributed by atoms with E-state index in [1.807, 2.05) is 47.4 Å². The summed E-state index contributed by atoms with van der Waals surface area (Å²) in [5.41, 5.74) is 1.92. The summed E-state index contributed by atoms with van der Waals surface area (Å²) in [6, 6.07) is 14.7. The second kappa shape index (κ2) is 8.30. The lowest BCUT2D eigenvalue weighted by atomic mass is 9.72. The first-order valence-corrected chi connectivity index (χ1v) is 11.0. The Hall–Kier alpha value is -3.35. The van der Waals surface area contributed by atoms with Gasteiger partial charge in [-0.1, -0.05) is 44.2 Å². The van der Waals surface area contributed by atoms with Gasteiger partial charge in [-0.25, -0.2) is 4.79 Å². The molecule has 2 aromatic carbocycles. The Morgan fingerprint density at radius 1 is 1.19 bits per heavy atom. The third kappa shape index (κ3) is 3.42. The van der Waals surface area contributed by atoms with Crippen LogP contribution in [0.1, 0.15) is 44.4 Å². The minimum absolute atomic E-state index is 0.0362. The fourth-order valence-electron chi connectivity index (χ4n) is 5.05. The lowest BCUT2D eigenvalue weighted by molar-refractivity contribution is -0.129. The Bertz CT molecular complexity index is 1050. The van der Waals surface area contributed by atoms with Crippen molar-refractivity contribution in [2.45, 2.75) is 38.6 Å². The standard InChI is InChI=1S/C25H29N3O4/c1-5-32-24(31)26-18-11-12-20-19(13-18)25(23(30)27(20)4)14-21(29)28(15-16(2)3)22(25)17-9-7-6-8-10-17/h6-13,16,22H,5,14-15H2,1-4H3,(H,26,31)/t22?,25-/m1/s1. The largest absolute Gasteiger partial charge is 0.450 e. The molecule has 2 atom stereocenters. The lowest BCUT2D eigenvalue weighted by Gasteiger charge is -2.35. The molecule has 1 N–H and O–H groups in total. The molecule has 3 amide bonds. The van der Waals surface area contributed by atoms with Crippen molar-refractivity contribution in [3.8, 4) is 0 Å². The molecule has 168 valence electrons. The first-order valence-electron chi connectivity index (χ1n) is 11.0. The van der Waals surface area contributed by atoms with Crippen LogP contribution in [0.25, 0.3) is 0 Å². The molecule has 0 radical (unpaired) electrons. The Morgan fingerprint density at radius 2 is 1.91 bits per heavy atom. The Labute approximate surface area is 188 Å². The van der Waals surface area contributed by atoms with E-state index in [-0.39, 0.29) is 30.8 Å². The van der Waals surface area contributed by atoms with Gasteiger partial charge in [-0.15, -0.1) is 0 Å². The van der Waals surface area contributed by atoms with Crippen molar-refractivity contribution in [1.82, 2.24) is 4.90 Å². The summed E-state index contributed by atoms with van der Waals surface area (Å²) in [4.78, 5) is 42.6. The third-order valence-corrected chi connectivity index (χ3v) is 6.25. The van der Waals surface area contributed by atoms with Gasteiger partial charge in [0.2, 0.25) is 11.8 Å². The molecule has 32 heavy (non-hydrogen) atoms. The minimum Gasteiger partial charge on any atom is -0.450 e. The molecule has 0 saturated carbocycles. The Morgan fingerprint density at radius 3 is 2.56 bits per heavy atom. The molecule has 1 saturated heterocycles. The molecule has 2 heterocycles. The van der Waals surface area contributed by atoms with Gasteiger partial charge in [-0.3, -0.25) is 14.9 Å².